The maximum atomic E-state index is 8.76. The predicted molar refractivity (Wildman–Crippen MR) is 75.5 cm³/mol. The molecule has 0 fully saturated rings. The van der Waals surface area contributed by atoms with Crippen molar-refractivity contribution in [2.75, 3.05) is 0 Å². The van der Waals surface area contributed by atoms with E-state index in [2.05, 4.69) is 12.1 Å². The van der Waals surface area contributed by atoms with Gasteiger partial charge in [0.2, 0.25) is 0 Å². The fraction of sp³-hybridized carbons (Fsp3) is 0.188. The third kappa shape index (κ3) is 3.34. The van der Waals surface area contributed by atoms with Gasteiger partial charge in [-0.2, -0.15) is 5.26 Å². The smallest absolute Gasteiger partial charge is 0.181 e. The SMILES string of the molecule is CC(C#N)Oc1cccc(-c2cccc(CN)c2)c1. The van der Waals surface area contributed by atoms with E-state index in [1.54, 1.807) is 6.92 Å². The van der Waals surface area contributed by atoms with Crippen LogP contribution in [0.5, 0.6) is 5.75 Å². The second kappa shape index (κ2) is 6.03. The monoisotopic (exact) mass is 252 g/mol. The Labute approximate surface area is 113 Å². The molecule has 1 unspecified atom stereocenters. The third-order valence-corrected chi connectivity index (χ3v) is 2.82. The van der Waals surface area contributed by atoms with Crippen LogP contribution in [0.1, 0.15) is 12.5 Å². The van der Waals surface area contributed by atoms with Gasteiger partial charge in [-0.25, -0.2) is 0 Å². The van der Waals surface area contributed by atoms with Gasteiger partial charge in [0.05, 0.1) is 0 Å². The molecule has 0 amide bonds. The topological polar surface area (TPSA) is 59.0 Å². The van der Waals surface area contributed by atoms with Gasteiger partial charge in [0.25, 0.3) is 0 Å². The summed E-state index contributed by atoms with van der Waals surface area (Å²) in [5.41, 5.74) is 8.89. The predicted octanol–water partition coefficient (Wildman–Crippen LogP) is 3.10. The van der Waals surface area contributed by atoms with Gasteiger partial charge in [0.1, 0.15) is 11.8 Å². The summed E-state index contributed by atoms with van der Waals surface area (Å²) in [4.78, 5) is 0. The first-order valence-corrected chi connectivity index (χ1v) is 6.18. The van der Waals surface area contributed by atoms with Crippen LogP contribution in [0, 0.1) is 11.3 Å². The minimum Gasteiger partial charge on any atom is -0.476 e. The van der Waals surface area contributed by atoms with Crippen molar-refractivity contribution in [1.29, 1.82) is 5.26 Å². The van der Waals surface area contributed by atoms with Gasteiger partial charge in [-0.05, 0) is 41.8 Å². The molecular formula is C16H16N2O. The van der Waals surface area contributed by atoms with Crippen LogP contribution in [0.25, 0.3) is 11.1 Å². The summed E-state index contributed by atoms with van der Waals surface area (Å²) in [6.07, 6.45) is -0.453. The van der Waals surface area contributed by atoms with Crippen molar-refractivity contribution in [3.63, 3.8) is 0 Å². The number of rotatable bonds is 4. The summed E-state index contributed by atoms with van der Waals surface area (Å²) < 4.78 is 5.50. The van der Waals surface area contributed by atoms with Crippen molar-refractivity contribution in [2.24, 2.45) is 5.73 Å². The molecule has 2 aromatic carbocycles. The molecule has 1 atom stereocenters. The van der Waals surface area contributed by atoms with E-state index in [0.29, 0.717) is 12.3 Å². The zero-order valence-electron chi connectivity index (χ0n) is 10.8. The van der Waals surface area contributed by atoms with E-state index < -0.39 is 6.10 Å². The molecule has 0 radical (unpaired) electrons. The second-order valence-corrected chi connectivity index (χ2v) is 4.32. The van der Waals surface area contributed by atoms with Gasteiger partial charge in [0, 0.05) is 6.54 Å². The van der Waals surface area contributed by atoms with Crippen LogP contribution in [0.15, 0.2) is 48.5 Å². The molecule has 0 aliphatic carbocycles. The molecular weight excluding hydrogens is 236 g/mol. The number of nitriles is 1. The van der Waals surface area contributed by atoms with Crippen LogP contribution in [-0.4, -0.2) is 6.10 Å². The van der Waals surface area contributed by atoms with E-state index in [1.807, 2.05) is 42.5 Å². The average Bonchev–Trinajstić information content (AvgIpc) is 2.47. The lowest BCUT2D eigenvalue weighted by Gasteiger charge is -2.10. The Morgan fingerprint density at radius 2 is 1.84 bits per heavy atom. The molecule has 96 valence electrons. The van der Waals surface area contributed by atoms with Crippen LogP contribution >= 0.6 is 0 Å². The van der Waals surface area contributed by atoms with Crippen LogP contribution in [0.3, 0.4) is 0 Å². The number of nitrogens with two attached hydrogens (primary N) is 1. The molecule has 19 heavy (non-hydrogen) atoms. The summed E-state index contributed by atoms with van der Waals surface area (Å²) in [6, 6.07) is 17.9. The summed E-state index contributed by atoms with van der Waals surface area (Å²) in [5, 5.41) is 8.76. The van der Waals surface area contributed by atoms with E-state index in [9.17, 15) is 0 Å². The van der Waals surface area contributed by atoms with Crippen molar-refractivity contribution in [3.8, 4) is 22.9 Å². The lowest BCUT2D eigenvalue weighted by atomic mass is 10.0. The molecule has 0 bridgehead atoms. The largest absolute Gasteiger partial charge is 0.476 e. The highest BCUT2D eigenvalue weighted by Crippen LogP contribution is 2.25. The molecule has 0 saturated heterocycles. The highest BCUT2D eigenvalue weighted by Gasteiger charge is 2.04. The van der Waals surface area contributed by atoms with Crippen molar-refractivity contribution in [2.45, 2.75) is 19.6 Å². The van der Waals surface area contributed by atoms with Gasteiger partial charge in [-0.1, -0.05) is 30.3 Å². The number of benzene rings is 2. The minimum atomic E-state index is -0.453. The van der Waals surface area contributed by atoms with Gasteiger partial charge >= 0.3 is 0 Å². The van der Waals surface area contributed by atoms with Crippen LogP contribution in [0.2, 0.25) is 0 Å². The highest BCUT2D eigenvalue weighted by molar-refractivity contribution is 5.65. The summed E-state index contributed by atoms with van der Waals surface area (Å²) >= 11 is 0. The molecule has 3 nitrogen and oxygen atoms in total. The van der Waals surface area contributed by atoms with Gasteiger partial charge < -0.3 is 10.5 Å². The molecule has 0 aromatic heterocycles. The Balaban J connectivity index is 2.30. The first-order chi connectivity index (χ1) is 9.22. The molecule has 0 aliphatic rings. The molecule has 0 heterocycles. The summed E-state index contributed by atoms with van der Waals surface area (Å²) in [6.45, 7) is 2.25. The maximum Gasteiger partial charge on any atom is 0.181 e. The van der Waals surface area contributed by atoms with Crippen molar-refractivity contribution >= 4 is 0 Å². The van der Waals surface area contributed by atoms with Gasteiger partial charge in [-0.3, -0.25) is 0 Å². The highest BCUT2D eigenvalue weighted by atomic mass is 16.5. The maximum absolute atomic E-state index is 8.76. The van der Waals surface area contributed by atoms with E-state index in [0.717, 1.165) is 16.7 Å². The second-order valence-electron chi connectivity index (χ2n) is 4.32. The van der Waals surface area contributed by atoms with Crippen LogP contribution in [0.4, 0.5) is 0 Å². The van der Waals surface area contributed by atoms with Crippen molar-refractivity contribution < 1.29 is 4.74 Å². The zero-order valence-corrected chi connectivity index (χ0v) is 10.8. The quantitative estimate of drug-likeness (QED) is 0.909. The van der Waals surface area contributed by atoms with E-state index in [-0.39, 0.29) is 0 Å². The lowest BCUT2D eigenvalue weighted by Crippen LogP contribution is -2.07. The normalized spacial score (nSPS) is 11.6. The van der Waals surface area contributed by atoms with E-state index in [4.69, 9.17) is 15.7 Å². The molecule has 0 aliphatic heterocycles. The van der Waals surface area contributed by atoms with Gasteiger partial charge in [0.15, 0.2) is 6.10 Å². The Morgan fingerprint density at radius 3 is 2.53 bits per heavy atom. The molecule has 0 saturated carbocycles. The third-order valence-electron chi connectivity index (χ3n) is 2.82. The van der Waals surface area contributed by atoms with E-state index >= 15 is 0 Å². The summed E-state index contributed by atoms with van der Waals surface area (Å²) in [5.74, 6) is 0.699. The van der Waals surface area contributed by atoms with Gasteiger partial charge in [-0.15, -0.1) is 0 Å². The molecule has 2 N–H and O–H groups in total. The molecule has 0 spiro atoms. The standard InChI is InChI=1S/C16H16N2O/c1-12(10-17)19-16-7-3-6-15(9-16)14-5-2-4-13(8-14)11-18/h2-9,12H,11,18H2,1H3. The number of ether oxygens (including phenoxy) is 1. The van der Waals surface area contributed by atoms with E-state index in [1.165, 1.54) is 0 Å². The number of hydrogen-bond donors (Lipinski definition) is 1. The Hall–Kier alpha value is -2.31. The minimum absolute atomic E-state index is 0.453. The molecule has 3 heteroatoms. The Morgan fingerprint density at radius 1 is 1.16 bits per heavy atom. The fourth-order valence-corrected chi connectivity index (χ4v) is 1.86. The summed E-state index contributed by atoms with van der Waals surface area (Å²) in [7, 11) is 0. The Bertz CT molecular complexity index is 602. The molecule has 2 aromatic rings. The van der Waals surface area contributed by atoms with Crippen molar-refractivity contribution in [3.05, 3.63) is 54.1 Å². The van der Waals surface area contributed by atoms with Crippen molar-refractivity contribution in [1.82, 2.24) is 0 Å². The fourth-order valence-electron chi connectivity index (χ4n) is 1.86. The number of hydrogen-bond acceptors (Lipinski definition) is 3. The first kappa shape index (κ1) is 13.1. The first-order valence-electron chi connectivity index (χ1n) is 6.18. The molecule has 2 rings (SSSR count). The lowest BCUT2D eigenvalue weighted by molar-refractivity contribution is 0.276. The zero-order chi connectivity index (χ0) is 13.7. The average molecular weight is 252 g/mol. The Kier molecular flexibility index (Phi) is 4.17. The van der Waals surface area contributed by atoms with Crippen LogP contribution in [-0.2, 0) is 6.54 Å². The van der Waals surface area contributed by atoms with Crippen LogP contribution < -0.4 is 10.5 Å². The number of nitrogens with zero attached hydrogens (tertiary/aromatic N) is 1.